The first-order chi connectivity index (χ1) is 5.58. The highest BCUT2D eigenvalue weighted by molar-refractivity contribution is 4.80. The van der Waals surface area contributed by atoms with Gasteiger partial charge in [0.25, 0.3) is 0 Å². The van der Waals surface area contributed by atoms with Crippen molar-refractivity contribution in [2.75, 3.05) is 13.6 Å². The summed E-state index contributed by atoms with van der Waals surface area (Å²) in [5.74, 6) is 0.614. The highest BCUT2D eigenvalue weighted by Crippen LogP contribution is 2.21. The van der Waals surface area contributed by atoms with Crippen LogP contribution in [0.1, 0.15) is 40.0 Å². The predicted molar refractivity (Wildman–Crippen MR) is 53.2 cm³/mol. The summed E-state index contributed by atoms with van der Waals surface area (Å²) in [4.78, 5) is 0. The molecular formula is C10H23NO. The maximum Gasteiger partial charge on any atom is 0.0771 e. The van der Waals surface area contributed by atoms with Gasteiger partial charge in [-0.1, -0.05) is 27.2 Å². The molecule has 2 atom stereocenters. The van der Waals surface area contributed by atoms with E-state index in [2.05, 4.69) is 19.2 Å². The molecule has 0 saturated carbocycles. The van der Waals surface area contributed by atoms with Crippen LogP contribution in [0.2, 0.25) is 0 Å². The van der Waals surface area contributed by atoms with Crippen LogP contribution in [-0.4, -0.2) is 24.3 Å². The van der Waals surface area contributed by atoms with Crippen LogP contribution in [0.15, 0.2) is 0 Å². The Hall–Kier alpha value is -0.0800. The second-order valence-electron chi connectivity index (χ2n) is 3.83. The van der Waals surface area contributed by atoms with Gasteiger partial charge in [-0.2, -0.15) is 0 Å². The average molecular weight is 173 g/mol. The van der Waals surface area contributed by atoms with Crippen LogP contribution < -0.4 is 5.32 Å². The number of rotatable bonds is 6. The lowest BCUT2D eigenvalue weighted by Gasteiger charge is -2.29. The van der Waals surface area contributed by atoms with Gasteiger partial charge in [0.15, 0.2) is 0 Å². The molecule has 0 aliphatic rings. The van der Waals surface area contributed by atoms with Crippen LogP contribution in [0.5, 0.6) is 0 Å². The Morgan fingerprint density at radius 2 is 2.00 bits per heavy atom. The molecular weight excluding hydrogens is 150 g/mol. The molecule has 0 amide bonds. The Bertz CT molecular complexity index is 116. The highest BCUT2D eigenvalue weighted by Gasteiger charge is 2.25. The van der Waals surface area contributed by atoms with Crippen molar-refractivity contribution in [2.45, 2.75) is 45.6 Å². The molecule has 12 heavy (non-hydrogen) atoms. The number of hydrogen-bond donors (Lipinski definition) is 2. The standard InChI is InChI=1S/C10H23NO/c1-5-9(3)7-10(12,6-2)8-11-4/h9,11-12H,5-8H2,1-4H3. The molecule has 0 aromatic heterocycles. The first kappa shape index (κ1) is 11.9. The van der Waals surface area contributed by atoms with Crippen molar-refractivity contribution in [1.82, 2.24) is 5.32 Å². The van der Waals surface area contributed by atoms with E-state index in [1.54, 1.807) is 0 Å². The molecule has 2 nitrogen and oxygen atoms in total. The molecule has 2 N–H and O–H groups in total. The number of likely N-dealkylation sites (N-methyl/N-ethyl adjacent to an activating group) is 1. The van der Waals surface area contributed by atoms with Crippen molar-refractivity contribution < 1.29 is 5.11 Å². The van der Waals surface area contributed by atoms with Gasteiger partial charge in [-0.3, -0.25) is 0 Å². The molecule has 0 saturated heterocycles. The van der Waals surface area contributed by atoms with Gasteiger partial charge >= 0.3 is 0 Å². The van der Waals surface area contributed by atoms with Crippen molar-refractivity contribution >= 4 is 0 Å². The lowest BCUT2D eigenvalue weighted by molar-refractivity contribution is 0.0155. The highest BCUT2D eigenvalue weighted by atomic mass is 16.3. The van der Waals surface area contributed by atoms with Crippen LogP contribution in [-0.2, 0) is 0 Å². The molecule has 0 fully saturated rings. The zero-order valence-electron chi connectivity index (χ0n) is 8.85. The summed E-state index contributed by atoms with van der Waals surface area (Å²) in [7, 11) is 1.89. The van der Waals surface area contributed by atoms with E-state index < -0.39 is 5.60 Å². The van der Waals surface area contributed by atoms with Gasteiger partial charge in [-0.05, 0) is 25.8 Å². The number of nitrogens with one attached hydrogen (secondary N) is 1. The average Bonchev–Trinajstić information content (AvgIpc) is 2.05. The van der Waals surface area contributed by atoms with Crippen LogP contribution in [0.4, 0.5) is 0 Å². The van der Waals surface area contributed by atoms with Crippen molar-refractivity contribution in [3.05, 3.63) is 0 Å². The Kier molecular flexibility index (Phi) is 5.51. The molecule has 0 rings (SSSR count). The van der Waals surface area contributed by atoms with Crippen molar-refractivity contribution in [3.63, 3.8) is 0 Å². The molecule has 2 unspecified atom stereocenters. The molecule has 74 valence electrons. The smallest absolute Gasteiger partial charge is 0.0771 e. The molecule has 0 aromatic carbocycles. The molecule has 0 aliphatic heterocycles. The topological polar surface area (TPSA) is 32.3 Å². The fourth-order valence-corrected chi connectivity index (χ4v) is 1.46. The molecule has 0 aromatic rings. The third kappa shape index (κ3) is 4.07. The number of hydrogen-bond acceptors (Lipinski definition) is 2. The lowest BCUT2D eigenvalue weighted by atomic mass is 9.88. The normalized spacial score (nSPS) is 18.8. The van der Waals surface area contributed by atoms with E-state index in [1.807, 2.05) is 14.0 Å². The summed E-state index contributed by atoms with van der Waals surface area (Å²) < 4.78 is 0. The fraction of sp³-hybridized carbons (Fsp3) is 1.00. The van der Waals surface area contributed by atoms with E-state index in [-0.39, 0.29) is 0 Å². The SMILES string of the molecule is CCC(C)CC(O)(CC)CNC. The zero-order chi connectivity index (χ0) is 9.61. The third-order valence-electron chi connectivity index (χ3n) is 2.59. The van der Waals surface area contributed by atoms with E-state index in [0.717, 1.165) is 19.3 Å². The van der Waals surface area contributed by atoms with E-state index in [9.17, 15) is 5.11 Å². The van der Waals surface area contributed by atoms with Gasteiger partial charge in [-0.15, -0.1) is 0 Å². The van der Waals surface area contributed by atoms with Gasteiger partial charge in [0.1, 0.15) is 0 Å². The molecule has 0 heterocycles. The molecule has 0 radical (unpaired) electrons. The van der Waals surface area contributed by atoms with E-state index in [0.29, 0.717) is 12.5 Å². The van der Waals surface area contributed by atoms with Crippen molar-refractivity contribution in [1.29, 1.82) is 0 Å². The minimum absolute atomic E-state index is 0.496. The minimum Gasteiger partial charge on any atom is -0.389 e. The molecule has 0 bridgehead atoms. The van der Waals surface area contributed by atoms with E-state index >= 15 is 0 Å². The fourth-order valence-electron chi connectivity index (χ4n) is 1.46. The third-order valence-corrected chi connectivity index (χ3v) is 2.59. The van der Waals surface area contributed by atoms with Crippen LogP contribution >= 0.6 is 0 Å². The van der Waals surface area contributed by atoms with Gasteiger partial charge in [0.05, 0.1) is 5.60 Å². The summed E-state index contributed by atoms with van der Waals surface area (Å²) in [6.07, 6.45) is 2.88. The molecule has 2 heteroatoms. The second kappa shape index (κ2) is 5.55. The van der Waals surface area contributed by atoms with E-state index in [1.165, 1.54) is 0 Å². The Morgan fingerprint density at radius 1 is 1.42 bits per heavy atom. The van der Waals surface area contributed by atoms with Crippen molar-refractivity contribution in [3.8, 4) is 0 Å². The maximum absolute atomic E-state index is 10.1. The zero-order valence-corrected chi connectivity index (χ0v) is 8.85. The first-order valence-electron chi connectivity index (χ1n) is 4.95. The molecule has 0 spiro atoms. The van der Waals surface area contributed by atoms with Crippen LogP contribution in [0.25, 0.3) is 0 Å². The van der Waals surface area contributed by atoms with Gasteiger partial charge in [-0.25, -0.2) is 0 Å². The summed E-state index contributed by atoms with van der Waals surface area (Å²) in [5.41, 5.74) is -0.496. The first-order valence-corrected chi connectivity index (χ1v) is 4.95. The number of aliphatic hydroxyl groups is 1. The van der Waals surface area contributed by atoms with Crippen LogP contribution in [0.3, 0.4) is 0 Å². The molecule has 0 aliphatic carbocycles. The largest absolute Gasteiger partial charge is 0.389 e. The minimum atomic E-state index is -0.496. The maximum atomic E-state index is 10.1. The second-order valence-corrected chi connectivity index (χ2v) is 3.83. The quantitative estimate of drug-likeness (QED) is 0.642. The van der Waals surface area contributed by atoms with Crippen LogP contribution in [0, 0.1) is 5.92 Å². The van der Waals surface area contributed by atoms with Crippen molar-refractivity contribution in [2.24, 2.45) is 5.92 Å². The van der Waals surface area contributed by atoms with Gasteiger partial charge < -0.3 is 10.4 Å². The summed E-state index contributed by atoms with van der Waals surface area (Å²) in [6.45, 7) is 7.10. The van der Waals surface area contributed by atoms with Gasteiger partial charge in [0.2, 0.25) is 0 Å². The summed E-state index contributed by atoms with van der Waals surface area (Å²) >= 11 is 0. The Balaban J connectivity index is 3.94. The lowest BCUT2D eigenvalue weighted by Crippen LogP contribution is -2.40. The Morgan fingerprint density at radius 3 is 2.33 bits per heavy atom. The van der Waals surface area contributed by atoms with Gasteiger partial charge in [0, 0.05) is 6.54 Å². The van der Waals surface area contributed by atoms with E-state index in [4.69, 9.17) is 0 Å². The monoisotopic (exact) mass is 173 g/mol. The summed E-state index contributed by atoms with van der Waals surface area (Å²) in [6, 6.07) is 0. The summed E-state index contributed by atoms with van der Waals surface area (Å²) in [5, 5.41) is 13.1. The Labute approximate surface area is 76.4 Å². The predicted octanol–water partition coefficient (Wildman–Crippen LogP) is 1.78.